The van der Waals surface area contributed by atoms with Crippen LogP contribution in [0.3, 0.4) is 0 Å². The van der Waals surface area contributed by atoms with Crippen molar-refractivity contribution < 1.29 is 14.5 Å². The fourth-order valence-corrected chi connectivity index (χ4v) is 2.27. The molecule has 8 nitrogen and oxygen atoms in total. The number of nitro groups is 1. The fourth-order valence-electron chi connectivity index (χ4n) is 2.27. The molecule has 27 heavy (non-hydrogen) atoms. The van der Waals surface area contributed by atoms with Crippen molar-refractivity contribution in [2.24, 2.45) is 10.2 Å². The number of hydrogen-bond donors (Lipinski definition) is 0. The van der Waals surface area contributed by atoms with Gasteiger partial charge in [-0.1, -0.05) is 6.58 Å². The van der Waals surface area contributed by atoms with E-state index in [0.29, 0.717) is 17.9 Å². The van der Waals surface area contributed by atoms with Crippen molar-refractivity contribution in [3.8, 4) is 0 Å². The summed E-state index contributed by atoms with van der Waals surface area (Å²) in [6.07, 6.45) is 1.14. The summed E-state index contributed by atoms with van der Waals surface area (Å²) in [5, 5.41) is 18.8. The van der Waals surface area contributed by atoms with Gasteiger partial charge in [-0.3, -0.25) is 10.1 Å². The van der Waals surface area contributed by atoms with Crippen molar-refractivity contribution in [2.45, 2.75) is 6.92 Å². The molecular weight excluding hydrogens is 348 g/mol. The zero-order chi connectivity index (χ0) is 19.6. The number of nitro benzene ring substituents is 1. The Morgan fingerprint density at radius 3 is 2.19 bits per heavy atom. The highest BCUT2D eigenvalue weighted by molar-refractivity contribution is 5.81. The smallest absolute Gasteiger partial charge is 0.330 e. The minimum Gasteiger partial charge on any atom is -0.461 e. The first-order chi connectivity index (χ1) is 13.0. The molecular formula is C19H20N4O4. The Bertz CT molecular complexity index is 817. The Morgan fingerprint density at radius 1 is 1.15 bits per heavy atom. The second-order valence-electron chi connectivity index (χ2n) is 5.44. The van der Waals surface area contributed by atoms with Crippen molar-refractivity contribution in [1.29, 1.82) is 0 Å². The first kappa shape index (κ1) is 19.8. The van der Waals surface area contributed by atoms with Gasteiger partial charge in [0.1, 0.15) is 6.61 Å². The molecule has 0 aliphatic rings. The number of non-ortho nitro benzene ring substituents is 1. The zero-order valence-corrected chi connectivity index (χ0v) is 14.9. The summed E-state index contributed by atoms with van der Waals surface area (Å²) in [7, 11) is 0. The summed E-state index contributed by atoms with van der Waals surface area (Å²) < 4.78 is 5.01. The van der Waals surface area contributed by atoms with E-state index in [0.717, 1.165) is 18.3 Å². The molecule has 2 aromatic rings. The van der Waals surface area contributed by atoms with Gasteiger partial charge in [0.25, 0.3) is 5.69 Å². The molecule has 0 radical (unpaired) electrons. The normalized spacial score (nSPS) is 10.6. The molecule has 0 saturated carbocycles. The van der Waals surface area contributed by atoms with Crippen LogP contribution in [0.2, 0.25) is 0 Å². The Balaban J connectivity index is 1.97. The minimum absolute atomic E-state index is 0.0109. The molecule has 0 atom stereocenters. The summed E-state index contributed by atoms with van der Waals surface area (Å²) in [5.41, 5.74) is 2.17. The minimum atomic E-state index is -0.461. The molecule has 0 amide bonds. The van der Waals surface area contributed by atoms with Crippen LogP contribution in [0.25, 0.3) is 0 Å². The van der Waals surface area contributed by atoms with Crippen LogP contribution in [0.1, 0.15) is 6.92 Å². The van der Waals surface area contributed by atoms with Crippen LogP contribution in [0.15, 0.2) is 71.4 Å². The van der Waals surface area contributed by atoms with E-state index in [-0.39, 0.29) is 12.3 Å². The van der Waals surface area contributed by atoms with Crippen LogP contribution in [-0.4, -0.2) is 30.6 Å². The number of azo groups is 1. The van der Waals surface area contributed by atoms with E-state index in [1.165, 1.54) is 12.1 Å². The molecule has 2 aromatic carbocycles. The van der Waals surface area contributed by atoms with Crippen molar-refractivity contribution >= 4 is 28.7 Å². The quantitative estimate of drug-likeness (QED) is 0.212. The number of likely N-dealkylation sites (N-methyl/N-ethyl adjacent to an activating group) is 1. The molecule has 0 aliphatic heterocycles. The maximum atomic E-state index is 11.1. The van der Waals surface area contributed by atoms with Gasteiger partial charge in [-0.15, -0.1) is 0 Å². The third-order valence-corrected chi connectivity index (χ3v) is 3.71. The molecule has 0 N–H and O–H groups in total. The number of esters is 1. The third-order valence-electron chi connectivity index (χ3n) is 3.71. The lowest BCUT2D eigenvalue weighted by molar-refractivity contribution is -0.384. The molecule has 2 rings (SSSR count). The SMILES string of the molecule is C=CC(=O)OCCN(CC)c1ccc(N=Nc2ccc([N+](=O)[O-])cc2)cc1. The summed E-state index contributed by atoms with van der Waals surface area (Å²) in [5.74, 6) is -0.437. The number of hydrogen-bond acceptors (Lipinski definition) is 7. The number of anilines is 1. The van der Waals surface area contributed by atoms with Gasteiger partial charge in [0.05, 0.1) is 22.8 Å². The van der Waals surface area contributed by atoms with Gasteiger partial charge in [-0.2, -0.15) is 10.2 Å². The molecule has 0 aliphatic carbocycles. The number of nitrogens with zero attached hydrogens (tertiary/aromatic N) is 4. The molecule has 0 saturated heterocycles. The number of benzene rings is 2. The van der Waals surface area contributed by atoms with Crippen LogP contribution in [0.4, 0.5) is 22.7 Å². The molecule has 0 spiro atoms. The van der Waals surface area contributed by atoms with E-state index in [2.05, 4.69) is 21.7 Å². The van der Waals surface area contributed by atoms with Crippen LogP contribution in [0.5, 0.6) is 0 Å². The zero-order valence-electron chi connectivity index (χ0n) is 14.9. The lowest BCUT2D eigenvalue weighted by Crippen LogP contribution is -2.27. The van der Waals surface area contributed by atoms with Crippen LogP contribution in [0, 0.1) is 10.1 Å². The van der Waals surface area contributed by atoms with E-state index in [1.807, 2.05) is 31.2 Å². The Kier molecular flexibility index (Phi) is 7.18. The van der Waals surface area contributed by atoms with E-state index in [4.69, 9.17) is 4.74 Å². The molecule has 140 valence electrons. The molecule has 0 bridgehead atoms. The van der Waals surface area contributed by atoms with E-state index >= 15 is 0 Å². The second-order valence-corrected chi connectivity index (χ2v) is 5.44. The average molecular weight is 368 g/mol. The second kappa shape index (κ2) is 9.81. The number of carbonyl (C=O) groups excluding carboxylic acids is 1. The summed E-state index contributed by atoms with van der Waals surface area (Å²) in [6.45, 7) is 6.98. The first-order valence-corrected chi connectivity index (χ1v) is 8.34. The van der Waals surface area contributed by atoms with E-state index in [9.17, 15) is 14.9 Å². The third kappa shape index (κ3) is 6.03. The first-order valence-electron chi connectivity index (χ1n) is 8.34. The predicted octanol–water partition coefficient (Wildman–Crippen LogP) is 4.57. The predicted molar refractivity (Wildman–Crippen MR) is 103 cm³/mol. The van der Waals surface area contributed by atoms with Crippen LogP contribution < -0.4 is 4.90 Å². The molecule has 0 aromatic heterocycles. The summed E-state index contributed by atoms with van der Waals surface area (Å²) >= 11 is 0. The molecule has 8 heteroatoms. The Hall–Kier alpha value is -3.55. The van der Waals surface area contributed by atoms with Gasteiger partial charge < -0.3 is 9.64 Å². The largest absolute Gasteiger partial charge is 0.461 e. The molecule has 0 fully saturated rings. The lowest BCUT2D eigenvalue weighted by atomic mass is 10.2. The standard InChI is InChI=1S/C19H20N4O4/c1-3-19(24)27-14-13-22(4-2)17-9-5-15(6-10-17)20-21-16-7-11-18(12-8-16)23(25)26/h3,5-12H,1,4,13-14H2,2H3. The van der Waals surface area contributed by atoms with Crippen LogP contribution >= 0.6 is 0 Å². The van der Waals surface area contributed by atoms with Crippen molar-refractivity contribution in [2.75, 3.05) is 24.6 Å². The Morgan fingerprint density at radius 2 is 1.70 bits per heavy atom. The monoisotopic (exact) mass is 368 g/mol. The van der Waals surface area contributed by atoms with Gasteiger partial charge in [0.2, 0.25) is 0 Å². The highest BCUT2D eigenvalue weighted by atomic mass is 16.6. The maximum absolute atomic E-state index is 11.1. The fraction of sp³-hybridized carbons (Fsp3) is 0.211. The average Bonchev–Trinajstić information content (AvgIpc) is 2.70. The Labute approximate surface area is 156 Å². The highest BCUT2D eigenvalue weighted by Gasteiger charge is 2.06. The van der Waals surface area contributed by atoms with Crippen molar-refractivity contribution in [3.63, 3.8) is 0 Å². The number of ether oxygens (including phenoxy) is 1. The van der Waals surface area contributed by atoms with Gasteiger partial charge in [-0.05, 0) is 43.3 Å². The summed E-state index contributed by atoms with van der Waals surface area (Å²) in [4.78, 5) is 23.3. The number of rotatable bonds is 9. The van der Waals surface area contributed by atoms with Gasteiger partial charge >= 0.3 is 5.97 Å². The van der Waals surface area contributed by atoms with Crippen LogP contribution in [-0.2, 0) is 9.53 Å². The number of carbonyl (C=O) groups is 1. The van der Waals surface area contributed by atoms with Gasteiger partial charge in [0, 0.05) is 30.4 Å². The lowest BCUT2D eigenvalue weighted by Gasteiger charge is -2.22. The van der Waals surface area contributed by atoms with Gasteiger partial charge in [-0.25, -0.2) is 4.79 Å². The van der Waals surface area contributed by atoms with Crippen molar-refractivity contribution in [3.05, 3.63) is 71.3 Å². The van der Waals surface area contributed by atoms with E-state index < -0.39 is 10.9 Å². The van der Waals surface area contributed by atoms with Crippen molar-refractivity contribution in [1.82, 2.24) is 0 Å². The molecule has 0 heterocycles. The maximum Gasteiger partial charge on any atom is 0.330 e. The summed E-state index contributed by atoms with van der Waals surface area (Å²) in [6, 6.07) is 13.3. The topological polar surface area (TPSA) is 97.4 Å². The molecule has 0 unspecified atom stereocenters. The highest BCUT2D eigenvalue weighted by Crippen LogP contribution is 2.23. The van der Waals surface area contributed by atoms with E-state index in [1.54, 1.807) is 12.1 Å². The van der Waals surface area contributed by atoms with Gasteiger partial charge in [0.15, 0.2) is 0 Å².